The summed E-state index contributed by atoms with van der Waals surface area (Å²) in [5.41, 5.74) is 2.24. The second-order valence-electron chi connectivity index (χ2n) is 6.41. The number of amides is 1. The molecule has 0 N–H and O–H groups in total. The van der Waals surface area contributed by atoms with Gasteiger partial charge in [-0.2, -0.15) is 5.10 Å². The number of ether oxygens (including phenoxy) is 1. The Bertz CT molecular complexity index is 699. The van der Waals surface area contributed by atoms with E-state index in [-0.39, 0.29) is 11.9 Å². The van der Waals surface area contributed by atoms with Gasteiger partial charge in [0.15, 0.2) is 6.10 Å². The molecule has 0 unspecified atom stereocenters. The predicted molar refractivity (Wildman–Crippen MR) is 90.9 cm³/mol. The molecule has 2 atom stereocenters. The molecular weight excluding hydrogens is 304 g/mol. The Hall–Kier alpha value is -2.37. The number of carbonyl (C=O) groups is 1. The van der Waals surface area contributed by atoms with Crippen molar-refractivity contribution >= 4 is 5.91 Å². The summed E-state index contributed by atoms with van der Waals surface area (Å²) in [4.78, 5) is 18.6. The Labute approximate surface area is 142 Å². The number of piperidine rings is 1. The Morgan fingerprint density at radius 3 is 2.96 bits per heavy atom. The zero-order valence-electron chi connectivity index (χ0n) is 14.5. The highest BCUT2D eigenvalue weighted by Crippen LogP contribution is 2.24. The fourth-order valence-electron chi connectivity index (χ4n) is 3.13. The highest BCUT2D eigenvalue weighted by molar-refractivity contribution is 5.81. The average molecular weight is 328 g/mol. The first kappa shape index (κ1) is 16.5. The number of hydrogen-bond donors (Lipinski definition) is 0. The molecule has 1 aliphatic rings. The molecule has 6 nitrogen and oxygen atoms in total. The van der Waals surface area contributed by atoms with Crippen LogP contribution in [0.3, 0.4) is 0 Å². The molecule has 6 heteroatoms. The third-order valence-corrected chi connectivity index (χ3v) is 4.73. The largest absolute Gasteiger partial charge is 0.481 e. The lowest BCUT2D eigenvalue weighted by molar-refractivity contribution is -0.139. The first-order valence-electron chi connectivity index (χ1n) is 8.42. The Morgan fingerprint density at radius 2 is 2.21 bits per heavy atom. The second kappa shape index (κ2) is 7.03. The lowest BCUT2D eigenvalue weighted by Crippen LogP contribution is -2.46. The van der Waals surface area contributed by atoms with Crippen LogP contribution in [0, 0.1) is 13.8 Å². The monoisotopic (exact) mass is 328 g/mol. The lowest BCUT2D eigenvalue weighted by Gasteiger charge is -2.34. The molecule has 1 amide bonds. The SMILES string of the molecule is Cc1cccc(O[C@@H](C)C(=O)N2CCC[C@H](n3cncn3)C2)c1C. The van der Waals surface area contributed by atoms with E-state index in [0.717, 1.165) is 36.3 Å². The van der Waals surface area contributed by atoms with E-state index in [1.807, 2.05) is 48.6 Å². The molecule has 1 saturated heterocycles. The van der Waals surface area contributed by atoms with Gasteiger partial charge in [-0.3, -0.25) is 4.79 Å². The van der Waals surface area contributed by atoms with Crippen molar-refractivity contribution in [3.8, 4) is 5.75 Å². The molecule has 24 heavy (non-hydrogen) atoms. The molecule has 1 aromatic heterocycles. The van der Waals surface area contributed by atoms with Gasteiger partial charge < -0.3 is 9.64 Å². The Kier molecular flexibility index (Phi) is 4.83. The van der Waals surface area contributed by atoms with Crippen molar-refractivity contribution in [3.05, 3.63) is 42.0 Å². The van der Waals surface area contributed by atoms with Gasteiger partial charge in [0.05, 0.1) is 6.04 Å². The number of likely N-dealkylation sites (tertiary alicyclic amines) is 1. The summed E-state index contributed by atoms with van der Waals surface area (Å²) in [6.45, 7) is 7.31. The second-order valence-corrected chi connectivity index (χ2v) is 6.41. The summed E-state index contributed by atoms with van der Waals surface area (Å²) in [7, 11) is 0. The van der Waals surface area contributed by atoms with Crippen molar-refractivity contribution in [3.63, 3.8) is 0 Å². The van der Waals surface area contributed by atoms with Crippen LogP contribution in [0.15, 0.2) is 30.9 Å². The van der Waals surface area contributed by atoms with Gasteiger partial charge in [0.2, 0.25) is 0 Å². The van der Waals surface area contributed by atoms with Gasteiger partial charge in [-0.15, -0.1) is 0 Å². The molecule has 1 aliphatic heterocycles. The van der Waals surface area contributed by atoms with E-state index in [0.29, 0.717) is 6.54 Å². The molecule has 2 aromatic rings. The molecule has 0 aliphatic carbocycles. The summed E-state index contributed by atoms with van der Waals surface area (Å²) in [5.74, 6) is 0.807. The fourth-order valence-corrected chi connectivity index (χ4v) is 3.13. The minimum atomic E-state index is -0.500. The van der Waals surface area contributed by atoms with Crippen LogP contribution in [0.1, 0.15) is 36.9 Å². The van der Waals surface area contributed by atoms with Gasteiger partial charge in [-0.25, -0.2) is 9.67 Å². The summed E-state index contributed by atoms with van der Waals surface area (Å²) in [5, 5.41) is 4.20. The zero-order valence-corrected chi connectivity index (χ0v) is 14.5. The highest BCUT2D eigenvalue weighted by atomic mass is 16.5. The Balaban J connectivity index is 1.65. The van der Waals surface area contributed by atoms with Gasteiger partial charge in [0, 0.05) is 13.1 Å². The smallest absolute Gasteiger partial charge is 0.263 e. The maximum absolute atomic E-state index is 12.8. The fraction of sp³-hybridized carbons (Fsp3) is 0.500. The van der Waals surface area contributed by atoms with Gasteiger partial charge in [0.1, 0.15) is 18.4 Å². The van der Waals surface area contributed by atoms with Crippen LogP contribution in [-0.2, 0) is 4.79 Å². The average Bonchev–Trinajstić information content (AvgIpc) is 3.13. The predicted octanol–water partition coefficient (Wildman–Crippen LogP) is 2.53. The normalized spacial score (nSPS) is 19.1. The van der Waals surface area contributed by atoms with Crippen LogP contribution < -0.4 is 4.74 Å². The van der Waals surface area contributed by atoms with Gasteiger partial charge >= 0.3 is 0 Å². The highest BCUT2D eigenvalue weighted by Gasteiger charge is 2.29. The van der Waals surface area contributed by atoms with E-state index >= 15 is 0 Å². The topological polar surface area (TPSA) is 60.2 Å². The molecule has 0 radical (unpaired) electrons. The third kappa shape index (κ3) is 3.42. The lowest BCUT2D eigenvalue weighted by atomic mass is 10.1. The number of hydrogen-bond acceptors (Lipinski definition) is 4. The molecule has 2 heterocycles. The molecule has 128 valence electrons. The number of aryl methyl sites for hydroxylation is 1. The van der Waals surface area contributed by atoms with E-state index < -0.39 is 6.10 Å². The summed E-state index contributed by atoms with van der Waals surface area (Å²) in [6, 6.07) is 6.11. The van der Waals surface area contributed by atoms with Gasteiger partial charge in [0.25, 0.3) is 5.91 Å². The minimum absolute atomic E-state index is 0.0284. The van der Waals surface area contributed by atoms with Gasteiger partial charge in [-0.1, -0.05) is 12.1 Å². The molecule has 0 saturated carbocycles. The maximum atomic E-state index is 12.8. The molecule has 3 rings (SSSR count). The maximum Gasteiger partial charge on any atom is 0.263 e. The molecule has 1 fully saturated rings. The molecule has 0 spiro atoms. The van der Waals surface area contributed by atoms with Gasteiger partial charge in [-0.05, 0) is 50.8 Å². The quantitative estimate of drug-likeness (QED) is 0.865. The van der Waals surface area contributed by atoms with E-state index in [4.69, 9.17) is 4.74 Å². The molecule has 1 aromatic carbocycles. The Morgan fingerprint density at radius 1 is 1.38 bits per heavy atom. The van der Waals surface area contributed by atoms with Crippen molar-refractivity contribution < 1.29 is 9.53 Å². The molecule has 0 bridgehead atoms. The van der Waals surface area contributed by atoms with E-state index in [1.165, 1.54) is 6.33 Å². The van der Waals surface area contributed by atoms with Crippen LogP contribution in [0.25, 0.3) is 0 Å². The van der Waals surface area contributed by atoms with Crippen LogP contribution in [-0.4, -0.2) is 44.8 Å². The van der Waals surface area contributed by atoms with Crippen LogP contribution in [0.2, 0.25) is 0 Å². The van der Waals surface area contributed by atoms with E-state index in [1.54, 1.807) is 6.33 Å². The third-order valence-electron chi connectivity index (χ3n) is 4.73. The first-order chi connectivity index (χ1) is 11.6. The number of rotatable bonds is 4. The van der Waals surface area contributed by atoms with Crippen molar-refractivity contribution in [1.29, 1.82) is 0 Å². The van der Waals surface area contributed by atoms with E-state index in [9.17, 15) is 4.79 Å². The minimum Gasteiger partial charge on any atom is -0.481 e. The van der Waals surface area contributed by atoms with Crippen molar-refractivity contribution in [2.75, 3.05) is 13.1 Å². The van der Waals surface area contributed by atoms with Crippen LogP contribution >= 0.6 is 0 Å². The van der Waals surface area contributed by atoms with Crippen LogP contribution in [0.4, 0.5) is 0 Å². The standard InChI is InChI=1S/C18H24N4O2/c1-13-6-4-8-17(14(13)2)24-15(3)18(23)21-9-5-7-16(10-21)22-12-19-11-20-22/h4,6,8,11-12,15-16H,5,7,9-10H2,1-3H3/t15-,16-/m0/s1. The summed E-state index contributed by atoms with van der Waals surface area (Å²) in [6.07, 6.45) is 4.73. The number of nitrogens with zero attached hydrogens (tertiary/aromatic N) is 4. The van der Waals surface area contributed by atoms with E-state index in [2.05, 4.69) is 10.1 Å². The van der Waals surface area contributed by atoms with Crippen LogP contribution in [0.5, 0.6) is 5.75 Å². The van der Waals surface area contributed by atoms with Crippen molar-refractivity contribution in [1.82, 2.24) is 19.7 Å². The first-order valence-corrected chi connectivity index (χ1v) is 8.42. The molecular formula is C18H24N4O2. The number of carbonyl (C=O) groups excluding carboxylic acids is 1. The number of benzene rings is 1. The summed E-state index contributed by atoms with van der Waals surface area (Å²) >= 11 is 0. The van der Waals surface area contributed by atoms with Crippen molar-refractivity contribution in [2.24, 2.45) is 0 Å². The van der Waals surface area contributed by atoms with Crippen molar-refractivity contribution in [2.45, 2.75) is 45.8 Å². The number of aromatic nitrogens is 3. The zero-order chi connectivity index (χ0) is 17.1. The summed E-state index contributed by atoms with van der Waals surface area (Å²) < 4.78 is 7.78.